The number of ether oxygens (including phenoxy) is 1. The number of carbonyl (C=O) groups is 3. The van der Waals surface area contributed by atoms with E-state index in [-0.39, 0.29) is 23.9 Å². The van der Waals surface area contributed by atoms with Crippen molar-refractivity contribution in [3.05, 3.63) is 68.9 Å². The van der Waals surface area contributed by atoms with Crippen LogP contribution in [0.2, 0.25) is 0 Å². The van der Waals surface area contributed by atoms with Gasteiger partial charge in [-0.2, -0.15) is 0 Å². The minimum atomic E-state index is -0.660. The van der Waals surface area contributed by atoms with Gasteiger partial charge in [0.1, 0.15) is 5.69 Å². The number of esters is 1. The lowest BCUT2D eigenvalue weighted by molar-refractivity contribution is 0.0469. The zero-order chi connectivity index (χ0) is 20.3. The van der Waals surface area contributed by atoms with Crippen LogP contribution in [0.1, 0.15) is 54.4 Å². The zero-order valence-corrected chi connectivity index (χ0v) is 16.9. The average molecular weight is 398 g/mol. The summed E-state index contributed by atoms with van der Waals surface area (Å²) in [6, 6.07) is 7.39. The lowest BCUT2D eigenvalue weighted by Gasteiger charge is -2.09. The van der Waals surface area contributed by atoms with Gasteiger partial charge in [-0.05, 0) is 50.8 Å². The molecule has 0 fully saturated rings. The molecule has 0 saturated carbocycles. The van der Waals surface area contributed by atoms with Crippen molar-refractivity contribution in [3.63, 3.8) is 0 Å². The number of rotatable bonds is 8. The van der Waals surface area contributed by atoms with Crippen molar-refractivity contribution >= 4 is 28.9 Å². The van der Waals surface area contributed by atoms with Gasteiger partial charge in [-0.15, -0.1) is 11.3 Å². The van der Waals surface area contributed by atoms with Crippen LogP contribution in [0.4, 0.5) is 0 Å². The van der Waals surface area contributed by atoms with Crippen molar-refractivity contribution in [1.82, 2.24) is 9.55 Å². The lowest BCUT2D eigenvalue weighted by atomic mass is 10.1. The number of hydrogen-bond acceptors (Lipinski definition) is 5. The standard InChI is InChI=1S/C21H22N2O4S/c1-13-9-18(14(2)23(13)7-6-17-5-4-8-28-17)20(25)12-27-21(26)19-10-16(11-22-19)15(3)24/h4-5,8-11,22H,6-7,12H2,1-3H3. The second kappa shape index (κ2) is 8.39. The normalized spacial score (nSPS) is 10.8. The third-order valence-corrected chi connectivity index (χ3v) is 5.62. The molecule has 6 nitrogen and oxygen atoms in total. The third kappa shape index (κ3) is 4.31. The van der Waals surface area contributed by atoms with Gasteiger partial charge in [0.15, 0.2) is 12.4 Å². The Morgan fingerprint density at radius 1 is 1.21 bits per heavy atom. The van der Waals surface area contributed by atoms with Crippen LogP contribution in [0.5, 0.6) is 0 Å². The van der Waals surface area contributed by atoms with Crippen LogP contribution in [0.15, 0.2) is 35.8 Å². The molecule has 3 aromatic rings. The van der Waals surface area contributed by atoms with Crippen molar-refractivity contribution in [3.8, 4) is 0 Å². The maximum Gasteiger partial charge on any atom is 0.355 e. The van der Waals surface area contributed by atoms with Crippen LogP contribution in [0.25, 0.3) is 0 Å². The number of thiophene rings is 1. The smallest absolute Gasteiger partial charge is 0.355 e. The lowest BCUT2D eigenvalue weighted by Crippen LogP contribution is -2.15. The number of Topliss-reactive ketones (excluding diaryl/α,β-unsaturated/α-hetero) is 2. The first-order valence-electron chi connectivity index (χ1n) is 8.95. The molecule has 3 rings (SSSR count). The second-order valence-electron chi connectivity index (χ2n) is 6.62. The quantitative estimate of drug-likeness (QED) is 0.460. The number of aromatic nitrogens is 2. The largest absolute Gasteiger partial charge is 0.453 e. The van der Waals surface area contributed by atoms with E-state index in [0.29, 0.717) is 11.1 Å². The Morgan fingerprint density at radius 2 is 2.00 bits per heavy atom. The molecule has 0 radical (unpaired) electrons. The maximum atomic E-state index is 12.6. The van der Waals surface area contributed by atoms with Crippen molar-refractivity contribution in [2.24, 2.45) is 0 Å². The minimum absolute atomic E-state index is 0.152. The molecule has 28 heavy (non-hydrogen) atoms. The number of nitrogens with one attached hydrogen (secondary N) is 1. The van der Waals surface area contributed by atoms with Gasteiger partial charge in [-0.1, -0.05) is 6.07 Å². The number of ketones is 2. The highest BCUT2D eigenvalue weighted by atomic mass is 32.1. The number of aryl methyl sites for hydroxylation is 2. The summed E-state index contributed by atoms with van der Waals surface area (Å²) in [5, 5.41) is 2.05. The van der Waals surface area contributed by atoms with Gasteiger partial charge in [0.25, 0.3) is 0 Å². The number of nitrogens with zero attached hydrogens (tertiary/aromatic N) is 1. The second-order valence-corrected chi connectivity index (χ2v) is 7.66. The molecule has 0 atom stereocenters. The van der Waals surface area contributed by atoms with E-state index in [2.05, 4.69) is 21.0 Å². The number of hydrogen-bond donors (Lipinski definition) is 1. The fraction of sp³-hybridized carbons (Fsp3) is 0.286. The van der Waals surface area contributed by atoms with E-state index >= 15 is 0 Å². The van der Waals surface area contributed by atoms with Gasteiger partial charge in [-0.25, -0.2) is 4.79 Å². The summed E-state index contributed by atoms with van der Waals surface area (Å²) < 4.78 is 7.23. The molecule has 0 aliphatic heterocycles. The van der Waals surface area contributed by atoms with Crippen LogP contribution < -0.4 is 0 Å². The van der Waals surface area contributed by atoms with Gasteiger partial charge < -0.3 is 14.3 Å². The van der Waals surface area contributed by atoms with E-state index in [1.807, 2.05) is 26.0 Å². The molecule has 3 heterocycles. The fourth-order valence-electron chi connectivity index (χ4n) is 3.11. The Morgan fingerprint density at radius 3 is 2.64 bits per heavy atom. The molecule has 0 aliphatic rings. The first-order valence-corrected chi connectivity index (χ1v) is 9.83. The topological polar surface area (TPSA) is 81.2 Å². The van der Waals surface area contributed by atoms with Crippen LogP contribution in [-0.4, -0.2) is 33.7 Å². The Hall–Kier alpha value is -2.93. The molecule has 0 amide bonds. The van der Waals surface area contributed by atoms with Crippen LogP contribution in [0, 0.1) is 13.8 Å². The van der Waals surface area contributed by atoms with Crippen LogP contribution in [-0.2, 0) is 17.7 Å². The predicted octanol–water partition coefficient (Wildman–Crippen LogP) is 3.98. The molecule has 0 spiro atoms. The SMILES string of the molecule is CC(=O)c1c[nH]c(C(=O)OCC(=O)c2cc(C)n(CCc3cccs3)c2C)c1. The monoisotopic (exact) mass is 398 g/mol. The number of carbonyl (C=O) groups excluding carboxylic acids is 3. The molecule has 0 aliphatic carbocycles. The van der Waals surface area contributed by atoms with Crippen molar-refractivity contribution < 1.29 is 19.1 Å². The van der Waals surface area contributed by atoms with Crippen molar-refractivity contribution in [2.45, 2.75) is 33.7 Å². The maximum absolute atomic E-state index is 12.6. The Balaban J connectivity index is 1.63. The molecule has 7 heteroatoms. The molecule has 3 aromatic heterocycles. The molecule has 0 bridgehead atoms. The summed E-state index contributed by atoms with van der Waals surface area (Å²) in [4.78, 5) is 39.9. The fourth-order valence-corrected chi connectivity index (χ4v) is 3.80. The molecular formula is C21H22N2O4S. The highest BCUT2D eigenvalue weighted by Crippen LogP contribution is 2.18. The van der Waals surface area contributed by atoms with E-state index < -0.39 is 5.97 Å². The first kappa shape index (κ1) is 19.8. The Kier molecular flexibility index (Phi) is 5.94. The summed E-state index contributed by atoms with van der Waals surface area (Å²) in [7, 11) is 0. The summed E-state index contributed by atoms with van der Waals surface area (Å²) in [5.41, 5.74) is 2.98. The van der Waals surface area contributed by atoms with Gasteiger partial charge in [0, 0.05) is 40.1 Å². The minimum Gasteiger partial charge on any atom is -0.453 e. The Bertz CT molecular complexity index is 1010. The van der Waals surface area contributed by atoms with Crippen LogP contribution in [0.3, 0.4) is 0 Å². The van der Waals surface area contributed by atoms with Crippen molar-refractivity contribution in [2.75, 3.05) is 6.61 Å². The van der Waals surface area contributed by atoms with E-state index in [0.717, 1.165) is 24.4 Å². The highest BCUT2D eigenvalue weighted by Gasteiger charge is 2.19. The molecule has 0 unspecified atom stereocenters. The van der Waals surface area contributed by atoms with E-state index in [9.17, 15) is 14.4 Å². The summed E-state index contributed by atoms with van der Waals surface area (Å²) in [6.07, 6.45) is 2.35. The predicted molar refractivity (Wildman–Crippen MR) is 107 cm³/mol. The summed E-state index contributed by atoms with van der Waals surface area (Å²) in [5.74, 6) is -1.06. The van der Waals surface area contributed by atoms with E-state index in [1.54, 1.807) is 11.3 Å². The highest BCUT2D eigenvalue weighted by molar-refractivity contribution is 7.09. The average Bonchev–Trinajstić information content (AvgIpc) is 3.39. The summed E-state index contributed by atoms with van der Waals surface area (Å²) >= 11 is 1.72. The van der Waals surface area contributed by atoms with Crippen molar-refractivity contribution in [1.29, 1.82) is 0 Å². The molecule has 0 saturated heterocycles. The molecule has 0 aromatic carbocycles. The van der Waals surface area contributed by atoms with Gasteiger partial charge in [0.05, 0.1) is 0 Å². The zero-order valence-electron chi connectivity index (χ0n) is 16.1. The van der Waals surface area contributed by atoms with Gasteiger partial charge in [0.2, 0.25) is 5.78 Å². The number of aromatic amines is 1. The first-order chi connectivity index (χ1) is 13.4. The summed E-state index contributed by atoms with van der Waals surface area (Å²) in [6.45, 7) is 5.73. The van der Waals surface area contributed by atoms with E-state index in [4.69, 9.17) is 4.74 Å². The third-order valence-electron chi connectivity index (χ3n) is 4.68. The molecule has 1 N–H and O–H groups in total. The molecule has 146 valence electrons. The van der Waals surface area contributed by atoms with Crippen LogP contribution >= 0.6 is 11.3 Å². The molecular weight excluding hydrogens is 376 g/mol. The van der Waals surface area contributed by atoms with Gasteiger partial charge >= 0.3 is 5.97 Å². The van der Waals surface area contributed by atoms with E-state index in [1.165, 1.54) is 24.1 Å². The van der Waals surface area contributed by atoms with Gasteiger partial charge in [-0.3, -0.25) is 9.59 Å². The Labute approximate surface area is 167 Å². The number of H-pyrrole nitrogens is 1.